The van der Waals surface area contributed by atoms with Gasteiger partial charge < -0.3 is 18.9 Å². The average molecular weight is 642 g/mol. The molecule has 1 heterocycles. The Bertz CT molecular complexity index is 1670. The molecule has 1 aliphatic heterocycles. The summed E-state index contributed by atoms with van der Waals surface area (Å²) >= 11 is 5.92. The van der Waals surface area contributed by atoms with Gasteiger partial charge in [0.1, 0.15) is 11.4 Å². The highest BCUT2D eigenvalue weighted by Crippen LogP contribution is 2.55. The lowest BCUT2D eigenvalue weighted by Gasteiger charge is -2.48. The number of halogens is 1. The highest BCUT2D eigenvalue weighted by Gasteiger charge is 2.49. The molecule has 1 N–H and O–H groups in total. The zero-order chi connectivity index (χ0) is 32.2. The number of hydrogen-bond acceptors (Lipinski definition) is 8. The summed E-state index contributed by atoms with van der Waals surface area (Å²) in [6, 6.07) is 10.3. The van der Waals surface area contributed by atoms with E-state index in [-0.39, 0.29) is 54.0 Å². The van der Waals surface area contributed by atoms with Crippen molar-refractivity contribution in [2.75, 3.05) is 13.2 Å². The van der Waals surface area contributed by atoms with Gasteiger partial charge in [-0.05, 0) is 72.6 Å². The van der Waals surface area contributed by atoms with Crippen molar-refractivity contribution in [1.29, 1.82) is 0 Å². The van der Waals surface area contributed by atoms with Gasteiger partial charge in [0, 0.05) is 46.3 Å². The fraction of sp³-hybridized carbons (Fsp3) is 0.424. The van der Waals surface area contributed by atoms with Crippen LogP contribution in [0, 0.1) is 10.8 Å². The lowest BCUT2D eigenvalue weighted by atomic mass is 9.63. The zero-order valence-electron chi connectivity index (χ0n) is 25.4. The Labute approximate surface area is 262 Å². The highest BCUT2D eigenvalue weighted by molar-refractivity contribution is 7.87. The number of hydrogen-bond donors (Lipinski definition) is 1. The van der Waals surface area contributed by atoms with Gasteiger partial charge in [0.2, 0.25) is 0 Å². The van der Waals surface area contributed by atoms with E-state index in [0.29, 0.717) is 46.0 Å². The first kappa shape index (κ1) is 31.8. The zero-order valence-corrected chi connectivity index (χ0v) is 27.0. The third-order valence-electron chi connectivity index (χ3n) is 8.22. The van der Waals surface area contributed by atoms with Crippen molar-refractivity contribution in [3.8, 4) is 11.5 Å². The molecule has 3 aliphatic rings. The van der Waals surface area contributed by atoms with Crippen LogP contribution in [0.1, 0.15) is 71.8 Å². The lowest BCUT2D eigenvalue weighted by Crippen LogP contribution is -2.45. The third-order valence-corrected chi connectivity index (χ3v) is 9.72. The van der Waals surface area contributed by atoms with Crippen LogP contribution in [0.5, 0.6) is 11.5 Å². The molecule has 0 bridgehead atoms. The number of ether oxygens (including phenoxy) is 1. The first-order chi connectivity index (χ1) is 20.5. The number of carboxylic acid groups (broad SMARTS) is 1. The molecule has 5 rings (SSSR count). The number of benzene rings is 2. The fourth-order valence-electron chi connectivity index (χ4n) is 6.52. The van der Waals surface area contributed by atoms with E-state index in [0.717, 1.165) is 0 Å². The normalized spacial score (nSPS) is 19.9. The molecule has 11 heteroatoms. The Hall–Kier alpha value is -3.63. The van der Waals surface area contributed by atoms with Crippen LogP contribution in [0.3, 0.4) is 0 Å². The molecule has 2 aromatic carbocycles. The van der Waals surface area contributed by atoms with E-state index in [1.807, 2.05) is 27.7 Å². The van der Waals surface area contributed by atoms with E-state index in [1.165, 1.54) is 30.3 Å². The van der Waals surface area contributed by atoms with Crippen LogP contribution < -0.4 is 8.92 Å². The monoisotopic (exact) mass is 641 g/mol. The molecule has 0 atom stereocenters. The first-order valence-electron chi connectivity index (χ1n) is 14.5. The van der Waals surface area contributed by atoms with Crippen molar-refractivity contribution in [2.24, 2.45) is 10.8 Å². The molecule has 0 fully saturated rings. The lowest BCUT2D eigenvalue weighted by molar-refractivity contribution is -0.138. The summed E-state index contributed by atoms with van der Waals surface area (Å²) in [6.07, 6.45) is 1.40. The van der Waals surface area contributed by atoms with E-state index < -0.39 is 32.8 Å². The van der Waals surface area contributed by atoms with Crippen molar-refractivity contribution in [3.63, 3.8) is 0 Å². The predicted octanol–water partition coefficient (Wildman–Crippen LogP) is 6.28. The van der Waals surface area contributed by atoms with Crippen LogP contribution >= 0.6 is 11.6 Å². The van der Waals surface area contributed by atoms with Gasteiger partial charge in [0.05, 0.1) is 6.61 Å². The summed E-state index contributed by atoms with van der Waals surface area (Å²) < 4.78 is 37.5. The third kappa shape index (κ3) is 6.15. The minimum absolute atomic E-state index is 0.0514. The maximum atomic E-state index is 13.9. The SMILES string of the molecule is CCOc1cc(C2C3=C(CC(C)(C)CC3=O)N(CC(=O)O)C3=C2C(=O)CC(C)(C)C3)ccc1OS(=O)(=O)c1ccc(Cl)cc1. The molecule has 0 amide bonds. The van der Waals surface area contributed by atoms with Crippen LogP contribution in [-0.4, -0.2) is 49.1 Å². The van der Waals surface area contributed by atoms with E-state index in [2.05, 4.69) is 0 Å². The minimum Gasteiger partial charge on any atom is -0.490 e. The van der Waals surface area contributed by atoms with Gasteiger partial charge in [-0.15, -0.1) is 0 Å². The molecule has 9 nitrogen and oxygen atoms in total. The molecule has 2 aliphatic carbocycles. The second-order valence-electron chi connectivity index (χ2n) is 13.1. The number of nitrogens with zero attached hydrogens (tertiary/aromatic N) is 1. The predicted molar refractivity (Wildman–Crippen MR) is 164 cm³/mol. The van der Waals surface area contributed by atoms with Crippen molar-refractivity contribution < 1.29 is 36.8 Å². The van der Waals surface area contributed by atoms with Gasteiger partial charge in [-0.25, -0.2) is 0 Å². The van der Waals surface area contributed by atoms with Gasteiger partial charge in [-0.2, -0.15) is 8.42 Å². The standard InChI is InChI=1S/C33H36ClNO8S/c1-6-42-27-13-19(7-12-26(27)43-44(40,41)21-10-8-20(34)9-11-21)29-30-22(14-32(2,3)16-24(30)36)35(18-28(38)39)23-15-33(4,5)17-25(37)31(23)29/h7-13,29H,6,14-18H2,1-5H3,(H,38,39). The Balaban J connectivity index is 1.68. The Morgan fingerprint density at radius 3 is 1.95 bits per heavy atom. The number of aliphatic carboxylic acids is 1. The van der Waals surface area contributed by atoms with Crippen LogP contribution in [0.2, 0.25) is 5.02 Å². The number of rotatable bonds is 8. The van der Waals surface area contributed by atoms with E-state index >= 15 is 0 Å². The second-order valence-corrected chi connectivity index (χ2v) is 15.1. The number of allylic oxidation sites excluding steroid dienone is 4. The molecule has 0 radical (unpaired) electrons. The highest BCUT2D eigenvalue weighted by atomic mass is 35.5. The summed E-state index contributed by atoms with van der Waals surface area (Å²) in [7, 11) is -4.24. The molecule has 0 unspecified atom stereocenters. The van der Waals surface area contributed by atoms with E-state index in [9.17, 15) is 27.9 Å². The van der Waals surface area contributed by atoms with Crippen molar-refractivity contribution in [3.05, 3.63) is 75.6 Å². The molecular formula is C33H36ClNO8S. The van der Waals surface area contributed by atoms with Crippen LogP contribution in [0.25, 0.3) is 0 Å². The molecule has 0 aromatic heterocycles. The van der Waals surface area contributed by atoms with E-state index in [4.69, 9.17) is 20.5 Å². The van der Waals surface area contributed by atoms with Gasteiger partial charge >= 0.3 is 16.1 Å². The van der Waals surface area contributed by atoms with E-state index in [1.54, 1.807) is 24.0 Å². The number of Topliss-reactive ketones (excluding diaryl/α,β-unsaturated/α-hetero) is 2. The number of ketones is 2. The minimum atomic E-state index is -4.24. The van der Waals surface area contributed by atoms with Crippen LogP contribution in [0.4, 0.5) is 0 Å². The van der Waals surface area contributed by atoms with Crippen molar-refractivity contribution in [1.82, 2.24) is 4.90 Å². The largest absolute Gasteiger partial charge is 0.490 e. The maximum absolute atomic E-state index is 13.9. The number of carboxylic acids is 1. The van der Waals surface area contributed by atoms with Crippen LogP contribution in [0.15, 0.2) is 69.9 Å². The van der Waals surface area contributed by atoms with Gasteiger partial charge in [0.15, 0.2) is 23.1 Å². The topological polar surface area (TPSA) is 127 Å². The van der Waals surface area contributed by atoms with Crippen molar-refractivity contribution in [2.45, 2.75) is 71.1 Å². The Morgan fingerprint density at radius 2 is 1.45 bits per heavy atom. The molecule has 0 saturated heterocycles. The fourth-order valence-corrected chi connectivity index (χ4v) is 7.58. The summed E-state index contributed by atoms with van der Waals surface area (Å²) in [5.41, 5.74) is 1.78. The molecule has 0 saturated carbocycles. The van der Waals surface area contributed by atoms with Gasteiger partial charge in [-0.1, -0.05) is 45.4 Å². The molecule has 234 valence electrons. The number of carbonyl (C=O) groups is 3. The van der Waals surface area contributed by atoms with Crippen LogP contribution in [-0.2, 0) is 24.5 Å². The first-order valence-corrected chi connectivity index (χ1v) is 16.3. The van der Waals surface area contributed by atoms with Crippen molar-refractivity contribution >= 4 is 39.3 Å². The summed E-state index contributed by atoms with van der Waals surface area (Å²) in [5, 5.41) is 10.3. The second kappa shape index (κ2) is 11.4. The Kier molecular flexibility index (Phi) is 8.22. The maximum Gasteiger partial charge on any atom is 0.339 e. The molecular weight excluding hydrogens is 606 g/mol. The molecule has 2 aromatic rings. The smallest absolute Gasteiger partial charge is 0.339 e. The average Bonchev–Trinajstić information content (AvgIpc) is 2.89. The van der Waals surface area contributed by atoms with Gasteiger partial charge in [-0.3, -0.25) is 14.4 Å². The number of carbonyl (C=O) groups excluding carboxylic acids is 2. The molecule has 0 spiro atoms. The summed E-state index contributed by atoms with van der Waals surface area (Å²) in [6.45, 7) is 9.48. The molecule has 44 heavy (non-hydrogen) atoms. The Morgan fingerprint density at radius 1 is 0.909 bits per heavy atom. The quantitative estimate of drug-likeness (QED) is 0.331. The summed E-state index contributed by atoms with van der Waals surface area (Å²) in [5.74, 6) is -2.04. The summed E-state index contributed by atoms with van der Waals surface area (Å²) in [4.78, 5) is 41.5. The van der Waals surface area contributed by atoms with Gasteiger partial charge in [0.25, 0.3) is 0 Å².